The molecule has 1 unspecified atom stereocenters. The van der Waals surface area contributed by atoms with E-state index in [1.165, 1.54) is 67.7 Å². The summed E-state index contributed by atoms with van der Waals surface area (Å²) in [7, 11) is 0. The summed E-state index contributed by atoms with van der Waals surface area (Å²) in [5, 5.41) is 2.68. The second-order valence-electron chi connectivity index (χ2n) is 6.49. The first-order chi connectivity index (χ1) is 10.9. The van der Waals surface area contributed by atoms with Gasteiger partial charge in [-0.25, -0.2) is 0 Å². The summed E-state index contributed by atoms with van der Waals surface area (Å²) in [4.78, 5) is 2.50. The molecule has 1 heterocycles. The molecule has 6 heteroatoms. The van der Waals surface area contributed by atoms with Crippen LogP contribution in [-0.4, -0.2) is 3.25 Å². The molecule has 0 saturated heterocycles. The Morgan fingerprint density at radius 2 is 1.62 bits per heavy atom. The summed E-state index contributed by atoms with van der Waals surface area (Å²) in [6.07, 6.45) is 4.55. The standard InChI is InChI=1S/C20H17BrN.3ClH.Zr/c1-12-9-15-11-18-19(20(21)17(15)10-12)13(2)14(3)22(18)16-7-5-4-6-8-16;;;;/h4-11H,1-3H3;3*1H;. The Bertz CT molecular complexity index is 984. The van der Waals surface area contributed by atoms with E-state index >= 15 is 0 Å². The SMILES string of the molecule is CC1=Cc2c(Br)c3c(cc2=C1)N(c1ccccc1)[C](C)([Zr])C=3C.Cl.Cl.Cl. The van der Waals surface area contributed by atoms with Crippen molar-refractivity contribution in [3.05, 3.63) is 62.4 Å². The molecule has 2 aromatic carbocycles. The van der Waals surface area contributed by atoms with E-state index < -0.39 is 0 Å². The van der Waals surface area contributed by atoms with Gasteiger partial charge in [-0.15, -0.1) is 37.2 Å². The molecule has 1 aliphatic carbocycles. The molecule has 1 atom stereocenters. The zero-order valence-corrected chi connectivity index (χ0v) is 21.2. The second-order valence-corrected chi connectivity index (χ2v) is 9.67. The van der Waals surface area contributed by atoms with E-state index in [1.807, 2.05) is 0 Å². The first-order valence-corrected chi connectivity index (χ1v) is 9.77. The Hall–Kier alpha value is -0.0469. The molecule has 0 radical (unpaired) electrons. The van der Waals surface area contributed by atoms with Crippen LogP contribution in [0.5, 0.6) is 0 Å². The van der Waals surface area contributed by atoms with E-state index in [-0.39, 0.29) is 40.5 Å². The van der Waals surface area contributed by atoms with Gasteiger partial charge in [0.05, 0.1) is 0 Å². The van der Waals surface area contributed by atoms with Crippen LogP contribution in [0.3, 0.4) is 0 Å². The normalized spacial score (nSPS) is 19.3. The molecular formula is C20H20BrCl3NZr. The van der Waals surface area contributed by atoms with Gasteiger partial charge in [-0.2, -0.15) is 0 Å². The number of fused-ring (bicyclic) bond motifs is 2. The number of rotatable bonds is 1. The van der Waals surface area contributed by atoms with Gasteiger partial charge in [-0.1, -0.05) is 0 Å². The topological polar surface area (TPSA) is 3.24 Å². The first kappa shape index (κ1) is 24.0. The zero-order chi connectivity index (χ0) is 16.4. The van der Waals surface area contributed by atoms with Gasteiger partial charge in [0.25, 0.3) is 0 Å². The quantitative estimate of drug-likeness (QED) is 0.453. The summed E-state index contributed by atoms with van der Waals surface area (Å²) < 4.78 is 1.29. The molecule has 0 bridgehead atoms. The number of allylic oxidation sites excluding steroid dienone is 1. The van der Waals surface area contributed by atoms with E-state index in [9.17, 15) is 0 Å². The van der Waals surface area contributed by atoms with Gasteiger partial charge in [-0.05, 0) is 0 Å². The van der Waals surface area contributed by atoms with Crippen molar-refractivity contribution in [2.75, 3.05) is 4.90 Å². The van der Waals surface area contributed by atoms with Crippen LogP contribution < -0.4 is 15.3 Å². The fourth-order valence-corrected chi connectivity index (χ4v) is 5.38. The number of halogens is 4. The number of para-hydroxylation sites is 1. The van der Waals surface area contributed by atoms with Crippen molar-refractivity contribution in [1.82, 2.24) is 0 Å². The monoisotopic (exact) mass is 548 g/mol. The number of hydrogen-bond donors (Lipinski definition) is 0. The van der Waals surface area contributed by atoms with Crippen LogP contribution in [0, 0.1) is 0 Å². The van der Waals surface area contributed by atoms with E-state index in [0.717, 1.165) is 0 Å². The molecule has 4 rings (SSSR count). The Labute approximate surface area is 196 Å². The van der Waals surface area contributed by atoms with Crippen LogP contribution in [0.1, 0.15) is 26.3 Å². The van der Waals surface area contributed by atoms with Gasteiger partial charge in [-0.3, -0.25) is 0 Å². The molecule has 26 heavy (non-hydrogen) atoms. The number of anilines is 2. The maximum atomic E-state index is 3.90. The fraction of sp³-hybridized carbons (Fsp3) is 0.200. The van der Waals surface area contributed by atoms with Gasteiger partial charge in [0.15, 0.2) is 0 Å². The zero-order valence-electron chi connectivity index (χ0n) is 14.7. The van der Waals surface area contributed by atoms with Gasteiger partial charge in [0.1, 0.15) is 0 Å². The molecule has 2 aromatic rings. The van der Waals surface area contributed by atoms with Crippen LogP contribution in [0.15, 0.2) is 46.4 Å². The maximum Gasteiger partial charge on any atom is -0.147 e. The largest absolute Gasteiger partial charge is 0.147 e. The average molecular weight is 552 g/mol. The van der Waals surface area contributed by atoms with Gasteiger partial charge in [0, 0.05) is 0 Å². The third kappa shape index (κ3) is 3.51. The molecule has 1 aliphatic heterocycles. The number of nitrogens with zero attached hydrogens (tertiary/aromatic N) is 1. The predicted molar refractivity (Wildman–Crippen MR) is 119 cm³/mol. The molecule has 0 spiro atoms. The summed E-state index contributed by atoms with van der Waals surface area (Å²) in [6.45, 7) is 6.79. The van der Waals surface area contributed by atoms with Gasteiger partial charge >= 0.3 is 161 Å². The molecule has 137 valence electrons. The van der Waals surface area contributed by atoms with Crippen LogP contribution in [0.2, 0.25) is 0 Å². The smallest absolute Gasteiger partial charge is 0.147 e. The minimum Gasteiger partial charge on any atom is -0.147 e. The first-order valence-electron chi connectivity index (χ1n) is 7.75. The number of hydrogen-bond acceptors (Lipinski definition) is 1. The third-order valence-corrected chi connectivity index (χ3v) is 7.17. The fourth-order valence-electron chi connectivity index (χ4n) is 3.61. The predicted octanol–water partition coefficient (Wildman–Crippen LogP) is 5.50. The van der Waals surface area contributed by atoms with Gasteiger partial charge < -0.3 is 0 Å². The Kier molecular flexibility index (Phi) is 7.88. The van der Waals surface area contributed by atoms with Crippen LogP contribution in [0.4, 0.5) is 11.4 Å². The summed E-state index contributed by atoms with van der Waals surface area (Å²) >= 11 is 5.40. The van der Waals surface area contributed by atoms with E-state index in [4.69, 9.17) is 0 Å². The van der Waals surface area contributed by atoms with E-state index in [2.05, 4.69) is 90.2 Å². The van der Waals surface area contributed by atoms with Crippen molar-refractivity contribution in [3.63, 3.8) is 0 Å². The minimum atomic E-state index is 0. The molecule has 0 aromatic heterocycles. The van der Waals surface area contributed by atoms with E-state index in [1.54, 1.807) is 0 Å². The molecule has 0 amide bonds. The van der Waals surface area contributed by atoms with Crippen molar-refractivity contribution in [1.29, 1.82) is 0 Å². The van der Waals surface area contributed by atoms with Crippen molar-refractivity contribution >= 4 is 82.3 Å². The second kappa shape index (κ2) is 8.54. The Morgan fingerprint density at radius 3 is 2.23 bits per heavy atom. The Morgan fingerprint density at radius 1 is 1.00 bits per heavy atom. The van der Waals surface area contributed by atoms with Crippen molar-refractivity contribution in [2.45, 2.75) is 24.0 Å². The molecule has 0 saturated carbocycles. The van der Waals surface area contributed by atoms with Crippen molar-refractivity contribution < 1.29 is 24.7 Å². The Balaban J connectivity index is 0.00000113. The van der Waals surface area contributed by atoms with E-state index in [0.29, 0.717) is 0 Å². The maximum absolute atomic E-state index is 3.90. The minimum absolute atomic E-state index is 0. The number of benzene rings is 2. The van der Waals surface area contributed by atoms with Crippen molar-refractivity contribution in [2.24, 2.45) is 0 Å². The molecular weight excluding hydrogens is 532 g/mol. The molecule has 0 fully saturated rings. The van der Waals surface area contributed by atoms with Crippen LogP contribution in [-0.2, 0) is 24.7 Å². The van der Waals surface area contributed by atoms with Gasteiger partial charge in [0.2, 0.25) is 0 Å². The molecule has 0 N–H and O–H groups in total. The van der Waals surface area contributed by atoms with Crippen LogP contribution >= 0.6 is 53.2 Å². The molecule has 1 nitrogen and oxygen atoms in total. The van der Waals surface area contributed by atoms with Crippen molar-refractivity contribution in [3.8, 4) is 0 Å². The summed E-state index contributed by atoms with van der Waals surface area (Å²) in [6, 6.07) is 13.1. The summed E-state index contributed by atoms with van der Waals surface area (Å²) in [5.41, 5.74) is 6.67. The molecule has 2 aliphatic rings. The third-order valence-electron chi connectivity index (χ3n) is 4.88. The average Bonchev–Trinajstić information content (AvgIpc) is 2.97. The van der Waals surface area contributed by atoms with Crippen LogP contribution in [0.25, 0.3) is 17.7 Å². The summed E-state index contributed by atoms with van der Waals surface area (Å²) in [5.74, 6) is 0.